The molecule has 0 aromatic heterocycles. The minimum Gasteiger partial charge on any atom is -0.338 e. The van der Waals surface area contributed by atoms with Gasteiger partial charge < -0.3 is 20.4 Å². The third-order valence-electron chi connectivity index (χ3n) is 4.14. The second-order valence-electron chi connectivity index (χ2n) is 5.57. The van der Waals surface area contributed by atoms with E-state index in [0.29, 0.717) is 45.3 Å². The van der Waals surface area contributed by atoms with Crippen LogP contribution in [0.15, 0.2) is 0 Å². The Balaban J connectivity index is 1.67. The van der Waals surface area contributed by atoms with Gasteiger partial charge in [0.1, 0.15) is 0 Å². The number of amides is 3. The third kappa shape index (κ3) is 4.10. The molecule has 6 heteroatoms. The summed E-state index contributed by atoms with van der Waals surface area (Å²) < 4.78 is 0. The van der Waals surface area contributed by atoms with E-state index in [-0.39, 0.29) is 11.9 Å². The minimum atomic E-state index is -0.0244. The predicted molar refractivity (Wildman–Crippen MR) is 77.5 cm³/mol. The van der Waals surface area contributed by atoms with E-state index in [1.54, 1.807) is 4.90 Å². The van der Waals surface area contributed by atoms with Crippen molar-refractivity contribution in [1.29, 1.82) is 0 Å². The van der Waals surface area contributed by atoms with E-state index in [1.807, 2.05) is 11.8 Å². The zero-order valence-corrected chi connectivity index (χ0v) is 12.4. The Kier molecular flexibility index (Phi) is 5.64. The summed E-state index contributed by atoms with van der Waals surface area (Å²) in [6.45, 7) is 5.52. The highest BCUT2D eigenvalue weighted by Gasteiger charge is 2.24. The number of hydrogen-bond donors (Lipinski definition) is 2. The van der Waals surface area contributed by atoms with Gasteiger partial charge >= 0.3 is 6.03 Å². The van der Waals surface area contributed by atoms with Crippen LogP contribution in [0.25, 0.3) is 0 Å². The monoisotopic (exact) mass is 282 g/mol. The van der Waals surface area contributed by atoms with Crippen molar-refractivity contribution in [1.82, 2.24) is 20.4 Å². The standard InChI is InChI=1S/C14H26N4O2/c1-2-15-14(20)18-9-7-17(8-10-18)13(19)11-16-12-5-3-4-6-12/h12,16H,2-11H2,1H3,(H,15,20). The van der Waals surface area contributed by atoms with Gasteiger partial charge in [0.05, 0.1) is 6.54 Å². The van der Waals surface area contributed by atoms with Crippen molar-refractivity contribution in [3.8, 4) is 0 Å². The van der Waals surface area contributed by atoms with Crippen molar-refractivity contribution >= 4 is 11.9 Å². The molecule has 0 bridgehead atoms. The number of carbonyl (C=O) groups excluding carboxylic acids is 2. The van der Waals surface area contributed by atoms with Crippen LogP contribution in [0.2, 0.25) is 0 Å². The molecular formula is C14H26N4O2. The fourth-order valence-corrected chi connectivity index (χ4v) is 2.90. The lowest BCUT2D eigenvalue weighted by Crippen LogP contribution is -2.54. The van der Waals surface area contributed by atoms with Crippen LogP contribution in [-0.4, -0.2) is 67.0 Å². The first-order chi connectivity index (χ1) is 9.70. The summed E-state index contributed by atoms with van der Waals surface area (Å²) in [7, 11) is 0. The molecular weight excluding hydrogens is 256 g/mol. The molecule has 1 aliphatic carbocycles. The lowest BCUT2D eigenvalue weighted by atomic mass is 10.2. The Bertz CT molecular complexity index is 334. The van der Waals surface area contributed by atoms with E-state index < -0.39 is 0 Å². The molecule has 20 heavy (non-hydrogen) atoms. The van der Waals surface area contributed by atoms with Gasteiger partial charge in [0, 0.05) is 38.8 Å². The molecule has 1 saturated carbocycles. The van der Waals surface area contributed by atoms with Crippen LogP contribution >= 0.6 is 0 Å². The number of rotatable bonds is 4. The Morgan fingerprint density at radius 1 is 1.05 bits per heavy atom. The lowest BCUT2D eigenvalue weighted by Gasteiger charge is -2.35. The molecule has 1 aliphatic heterocycles. The van der Waals surface area contributed by atoms with E-state index in [1.165, 1.54) is 25.7 Å². The molecule has 0 aromatic rings. The van der Waals surface area contributed by atoms with E-state index in [2.05, 4.69) is 10.6 Å². The normalized spacial score (nSPS) is 20.2. The predicted octanol–water partition coefficient (Wildman–Crippen LogP) is 0.392. The quantitative estimate of drug-likeness (QED) is 0.784. The maximum Gasteiger partial charge on any atom is 0.317 e. The first kappa shape index (κ1) is 15.1. The summed E-state index contributed by atoms with van der Waals surface area (Å²) in [5.74, 6) is 0.160. The van der Waals surface area contributed by atoms with Crippen molar-refractivity contribution in [2.24, 2.45) is 0 Å². The van der Waals surface area contributed by atoms with Crippen molar-refractivity contribution < 1.29 is 9.59 Å². The van der Waals surface area contributed by atoms with Gasteiger partial charge in [-0.1, -0.05) is 12.8 Å². The molecule has 2 N–H and O–H groups in total. The third-order valence-corrected chi connectivity index (χ3v) is 4.14. The summed E-state index contributed by atoms with van der Waals surface area (Å²) in [6, 6.07) is 0.499. The van der Waals surface area contributed by atoms with Crippen LogP contribution in [0.4, 0.5) is 4.79 Å². The molecule has 2 rings (SSSR count). The van der Waals surface area contributed by atoms with Gasteiger partial charge in [-0.25, -0.2) is 4.79 Å². The Hall–Kier alpha value is -1.30. The van der Waals surface area contributed by atoms with Crippen molar-refractivity contribution in [2.45, 2.75) is 38.6 Å². The van der Waals surface area contributed by atoms with Gasteiger partial charge in [0.15, 0.2) is 0 Å². The Labute approximate surface area is 120 Å². The van der Waals surface area contributed by atoms with Crippen LogP contribution < -0.4 is 10.6 Å². The zero-order valence-electron chi connectivity index (χ0n) is 12.4. The van der Waals surface area contributed by atoms with Crippen molar-refractivity contribution in [2.75, 3.05) is 39.3 Å². The molecule has 0 aromatic carbocycles. The number of hydrogen-bond acceptors (Lipinski definition) is 3. The average Bonchev–Trinajstić information content (AvgIpc) is 2.98. The van der Waals surface area contributed by atoms with Crippen LogP contribution in [0.5, 0.6) is 0 Å². The molecule has 2 fully saturated rings. The van der Waals surface area contributed by atoms with E-state index in [4.69, 9.17) is 0 Å². The van der Waals surface area contributed by atoms with Gasteiger partial charge in [-0.15, -0.1) is 0 Å². The van der Waals surface area contributed by atoms with Crippen LogP contribution in [0.3, 0.4) is 0 Å². The molecule has 114 valence electrons. The summed E-state index contributed by atoms with van der Waals surface area (Å²) in [5, 5.41) is 6.14. The van der Waals surface area contributed by atoms with Gasteiger partial charge in [0.25, 0.3) is 0 Å². The summed E-state index contributed by atoms with van der Waals surface area (Å²) in [5.41, 5.74) is 0. The molecule has 6 nitrogen and oxygen atoms in total. The molecule has 1 saturated heterocycles. The maximum atomic E-state index is 12.1. The molecule has 0 radical (unpaired) electrons. The van der Waals surface area contributed by atoms with E-state index >= 15 is 0 Å². The number of nitrogens with one attached hydrogen (secondary N) is 2. The Morgan fingerprint density at radius 2 is 1.65 bits per heavy atom. The first-order valence-corrected chi connectivity index (χ1v) is 7.74. The van der Waals surface area contributed by atoms with Crippen LogP contribution in [-0.2, 0) is 4.79 Å². The minimum absolute atomic E-state index is 0.0244. The molecule has 0 atom stereocenters. The number of carbonyl (C=O) groups is 2. The highest BCUT2D eigenvalue weighted by molar-refractivity contribution is 5.79. The largest absolute Gasteiger partial charge is 0.338 e. The number of piperazine rings is 1. The molecule has 0 spiro atoms. The topological polar surface area (TPSA) is 64.7 Å². The van der Waals surface area contributed by atoms with E-state index in [9.17, 15) is 9.59 Å². The van der Waals surface area contributed by atoms with Crippen LogP contribution in [0, 0.1) is 0 Å². The summed E-state index contributed by atoms with van der Waals surface area (Å²) in [4.78, 5) is 27.4. The van der Waals surface area contributed by atoms with Crippen molar-refractivity contribution in [3.63, 3.8) is 0 Å². The molecule has 0 unspecified atom stereocenters. The molecule has 1 heterocycles. The SMILES string of the molecule is CCNC(=O)N1CCN(C(=O)CNC2CCCC2)CC1. The second-order valence-corrected chi connectivity index (χ2v) is 5.57. The average molecular weight is 282 g/mol. The number of nitrogens with zero attached hydrogens (tertiary/aromatic N) is 2. The van der Waals surface area contributed by atoms with Crippen molar-refractivity contribution in [3.05, 3.63) is 0 Å². The van der Waals surface area contributed by atoms with E-state index in [0.717, 1.165) is 0 Å². The zero-order chi connectivity index (χ0) is 14.4. The van der Waals surface area contributed by atoms with Gasteiger partial charge in [-0.05, 0) is 19.8 Å². The second kappa shape index (κ2) is 7.47. The van der Waals surface area contributed by atoms with Gasteiger partial charge in [0.2, 0.25) is 5.91 Å². The summed E-state index contributed by atoms with van der Waals surface area (Å²) >= 11 is 0. The molecule has 3 amide bonds. The number of urea groups is 1. The fraction of sp³-hybridized carbons (Fsp3) is 0.857. The first-order valence-electron chi connectivity index (χ1n) is 7.74. The van der Waals surface area contributed by atoms with Gasteiger partial charge in [-0.2, -0.15) is 0 Å². The highest BCUT2D eigenvalue weighted by Crippen LogP contribution is 2.17. The smallest absolute Gasteiger partial charge is 0.317 e. The highest BCUT2D eigenvalue weighted by atomic mass is 16.2. The maximum absolute atomic E-state index is 12.1. The Morgan fingerprint density at radius 3 is 2.25 bits per heavy atom. The van der Waals surface area contributed by atoms with Gasteiger partial charge in [-0.3, -0.25) is 4.79 Å². The fourth-order valence-electron chi connectivity index (χ4n) is 2.90. The van der Waals surface area contributed by atoms with Crippen LogP contribution in [0.1, 0.15) is 32.6 Å². The lowest BCUT2D eigenvalue weighted by molar-refractivity contribution is -0.131. The summed E-state index contributed by atoms with van der Waals surface area (Å²) in [6.07, 6.45) is 4.94. The molecule has 2 aliphatic rings.